The Balaban J connectivity index is 1.36. The van der Waals surface area contributed by atoms with Gasteiger partial charge in [0, 0.05) is 11.1 Å². The topological polar surface area (TPSA) is 66.8 Å². The summed E-state index contributed by atoms with van der Waals surface area (Å²) in [4.78, 5) is 28.1. The smallest absolute Gasteiger partial charge is 0.264 e. The molecule has 0 fully saturated rings. The van der Waals surface area contributed by atoms with E-state index in [4.69, 9.17) is 4.74 Å². The molecule has 4 aromatic carbocycles. The molecule has 5 nitrogen and oxygen atoms in total. The quantitative estimate of drug-likeness (QED) is 0.400. The first-order chi connectivity index (χ1) is 16.5. The predicted octanol–water partition coefficient (Wildman–Crippen LogP) is 5.03. The van der Waals surface area contributed by atoms with Crippen molar-refractivity contribution in [2.75, 3.05) is 18.1 Å². The summed E-state index contributed by atoms with van der Waals surface area (Å²) in [5.74, 6) is -0.0724. The number of hydrogen-bond donors (Lipinski definition) is 1. The Labute approximate surface area is 198 Å². The Hall–Kier alpha value is -3.96. The van der Waals surface area contributed by atoms with Crippen LogP contribution in [0, 0.1) is 6.92 Å². The molecule has 4 aromatic rings. The van der Waals surface area contributed by atoms with Crippen molar-refractivity contribution in [3.63, 3.8) is 0 Å². The Morgan fingerprint density at radius 3 is 2.41 bits per heavy atom. The number of ketones is 1. The molecule has 1 unspecified atom stereocenters. The van der Waals surface area contributed by atoms with Gasteiger partial charge in [-0.05, 0) is 42.0 Å². The molecule has 5 rings (SSSR count). The van der Waals surface area contributed by atoms with Gasteiger partial charge in [-0.1, -0.05) is 72.3 Å². The van der Waals surface area contributed by atoms with Gasteiger partial charge in [0.2, 0.25) is 0 Å². The minimum absolute atomic E-state index is 0.260. The number of fused-ring (bicyclic) bond motifs is 2. The van der Waals surface area contributed by atoms with E-state index in [2.05, 4.69) is 0 Å². The summed E-state index contributed by atoms with van der Waals surface area (Å²) >= 11 is 0. The van der Waals surface area contributed by atoms with Gasteiger partial charge in [0.1, 0.15) is 12.4 Å². The molecule has 5 heteroatoms. The van der Waals surface area contributed by atoms with Gasteiger partial charge in [0.05, 0.1) is 18.7 Å². The molecule has 0 radical (unpaired) electrons. The standard InChI is InChI=1S/C29H25NO4/c1-20-10-14-24(15-11-20)34-17-16-30-26-9-5-4-8-25(26)29(33,28(30)32)19-27(31)23-13-12-21-6-2-3-7-22(21)18-23/h2-15,18,33H,16-17,19H2,1H3. The van der Waals surface area contributed by atoms with Crippen LogP contribution in [0.25, 0.3) is 10.8 Å². The predicted molar refractivity (Wildman–Crippen MR) is 132 cm³/mol. The fraction of sp³-hybridized carbons (Fsp3) is 0.172. The lowest BCUT2D eigenvalue weighted by Crippen LogP contribution is -2.43. The molecule has 1 atom stereocenters. The zero-order valence-electron chi connectivity index (χ0n) is 18.9. The summed E-state index contributed by atoms with van der Waals surface area (Å²) in [5, 5.41) is 13.5. The number of ether oxygens (including phenoxy) is 1. The first kappa shape index (κ1) is 21.9. The number of aliphatic hydroxyl groups is 1. The maximum absolute atomic E-state index is 13.4. The van der Waals surface area contributed by atoms with E-state index in [0.717, 1.165) is 16.3 Å². The van der Waals surface area contributed by atoms with Crippen molar-refractivity contribution in [2.45, 2.75) is 18.9 Å². The fourth-order valence-electron chi connectivity index (χ4n) is 4.49. The number of hydrogen-bond acceptors (Lipinski definition) is 4. The summed E-state index contributed by atoms with van der Waals surface area (Å²) in [6.45, 7) is 2.53. The van der Waals surface area contributed by atoms with E-state index in [1.54, 1.807) is 30.3 Å². The van der Waals surface area contributed by atoms with Crippen LogP contribution in [0.5, 0.6) is 5.75 Å². The van der Waals surface area contributed by atoms with Crippen molar-refractivity contribution >= 4 is 28.2 Å². The van der Waals surface area contributed by atoms with Gasteiger partial charge in [-0.15, -0.1) is 0 Å². The molecule has 0 aliphatic carbocycles. The number of carbonyl (C=O) groups excluding carboxylic acids is 2. The fourth-order valence-corrected chi connectivity index (χ4v) is 4.49. The molecule has 0 saturated heterocycles. The molecule has 0 bridgehead atoms. The monoisotopic (exact) mass is 451 g/mol. The van der Waals surface area contributed by atoms with Crippen molar-refractivity contribution in [1.29, 1.82) is 0 Å². The van der Waals surface area contributed by atoms with Crippen molar-refractivity contribution < 1.29 is 19.4 Å². The number of para-hydroxylation sites is 1. The molecule has 0 spiro atoms. The van der Waals surface area contributed by atoms with E-state index < -0.39 is 11.5 Å². The van der Waals surface area contributed by atoms with E-state index in [1.165, 1.54) is 4.90 Å². The van der Waals surface area contributed by atoms with Gasteiger partial charge in [0.25, 0.3) is 5.91 Å². The van der Waals surface area contributed by atoms with Crippen LogP contribution in [0.3, 0.4) is 0 Å². The molecule has 34 heavy (non-hydrogen) atoms. The third kappa shape index (κ3) is 3.95. The summed E-state index contributed by atoms with van der Waals surface area (Å²) in [6.07, 6.45) is -0.323. The van der Waals surface area contributed by atoms with Gasteiger partial charge in [-0.25, -0.2) is 0 Å². The van der Waals surface area contributed by atoms with Crippen molar-refractivity contribution in [1.82, 2.24) is 0 Å². The highest BCUT2D eigenvalue weighted by molar-refractivity contribution is 6.11. The number of rotatable bonds is 7. The molecular formula is C29H25NO4. The Morgan fingerprint density at radius 2 is 1.62 bits per heavy atom. The van der Waals surface area contributed by atoms with E-state index in [1.807, 2.05) is 67.6 Å². The van der Waals surface area contributed by atoms with Crippen LogP contribution >= 0.6 is 0 Å². The second kappa shape index (κ2) is 8.76. The zero-order valence-corrected chi connectivity index (χ0v) is 18.9. The molecule has 1 aliphatic heterocycles. The molecular weight excluding hydrogens is 426 g/mol. The first-order valence-electron chi connectivity index (χ1n) is 11.3. The molecule has 0 saturated carbocycles. The molecule has 0 aromatic heterocycles. The van der Waals surface area contributed by atoms with E-state index in [0.29, 0.717) is 22.6 Å². The number of anilines is 1. The highest BCUT2D eigenvalue weighted by Crippen LogP contribution is 2.42. The van der Waals surface area contributed by atoms with Gasteiger partial charge < -0.3 is 14.7 Å². The summed E-state index contributed by atoms with van der Waals surface area (Å²) in [6, 6.07) is 28.0. The summed E-state index contributed by atoms with van der Waals surface area (Å²) in [5.41, 5.74) is 0.748. The molecule has 1 heterocycles. The average Bonchev–Trinajstić information content (AvgIpc) is 3.06. The normalized spacial score (nSPS) is 17.1. The van der Waals surface area contributed by atoms with Gasteiger partial charge in [-0.2, -0.15) is 0 Å². The van der Waals surface area contributed by atoms with Crippen LogP contribution in [0.4, 0.5) is 5.69 Å². The number of benzene rings is 4. The number of Topliss-reactive ketones (excluding diaryl/α,β-unsaturated/α-hetero) is 1. The maximum atomic E-state index is 13.4. The molecule has 1 N–H and O–H groups in total. The molecule has 1 aliphatic rings. The van der Waals surface area contributed by atoms with E-state index >= 15 is 0 Å². The third-order valence-electron chi connectivity index (χ3n) is 6.33. The largest absolute Gasteiger partial charge is 0.492 e. The third-order valence-corrected chi connectivity index (χ3v) is 6.33. The Kier molecular flexibility index (Phi) is 5.64. The van der Waals surface area contributed by atoms with E-state index in [9.17, 15) is 14.7 Å². The van der Waals surface area contributed by atoms with Crippen LogP contribution in [0.1, 0.15) is 27.9 Å². The zero-order chi connectivity index (χ0) is 23.7. The molecule has 1 amide bonds. The SMILES string of the molecule is Cc1ccc(OCCN2C(=O)C(O)(CC(=O)c3ccc4ccccc4c3)c3ccccc32)cc1. The summed E-state index contributed by atoms with van der Waals surface area (Å²) < 4.78 is 5.80. The second-order valence-corrected chi connectivity index (χ2v) is 8.66. The van der Waals surface area contributed by atoms with Gasteiger partial charge in [0.15, 0.2) is 11.4 Å². The maximum Gasteiger partial charge on any atom is 0.264 e. The van der Waals surface area contributed by atoms with Crippen molar-refractivity contribution in [3.05, 3.63) is 108 Å². The van der Waals surface area contributed by atoms with Crippen LogP contribution in [-0.4, -0.2) is 29.9 Å². The highest BCUT2D eigenvalue weighted by atomic mass is 16.5. The summed E-state index contributed by atoms with van der Waals surface area (Å²) in [7, 11) is 0. The minimum Gasteiger partial charge on any atom is -0.492 e. The van der Waals surface area contributed by atoms with Crippen LogP contribution in [-0.2, 0) is 10.4 Å². The number of amides is 1. The van der Waals surface area contributed by atoms with Crippen LogP contribution < -0.4 is 9.64 Å². The van der Waals surface area contributed by atoms with Crippen molar-refractivity contribution in [3.8, 4) is 5.75 Å². The lowest BCUT2D eigenvalue weighted by Gasteiger charge is -2.23. The lowest BCUT2D eigenvalue weighted by molar-refractivity contribution is -0.135. The number of carbonyl (C=O) groups is 2. The van der Waals surface area contributed by atoms with Crippen LogP contribution in [0.2, 0.25) is 0 Å². The number of aryl methyl sites for hydroxylation is 1. The lowest BCUT2D eigenvalue weighted by atomic mass is 9.88. The van der Waals surface area contributed by atoms with Crippen molar-refractivity contribution in [2.24, 2.45) is 0 Å². The minimum atomic E-state index is -1.91. The average molecular weight is 452 g/mol. The van der Waals surface area contributed by atoms with E-state index in [-0.39, 0.29) is 25.4 Å². The highest BCUT2D eigenvalue weighted by Gasteiger charge is 2.50. The molecule has 170 valence electrons. The van der Waals surface area contributed by atoms with Gasteiger partial charge >= 0.3 is 0 Å². The van der Waals surface area contributed by atoms with Crippen LogP contribution in [0.15, 0.2) is 91.0 Å². The number of nitrogens with zero attached hydrogens (tertiary/aromatic N) is 1. The Bertz CT molecular complexity index is 1380. The Morgan fingerprint density at radius 1 is 0.912 bits per heavy atom. The van der Waals surface area contributed by atoms with Gasteiger partial charge in [-0.3, -0.25) is 9.59 Å². The first-order valence-corrected chi connectivity index (χ1v) is 11.3. The second-order valence-electron chi connectivity index (χ2n) is 8.66.